The monoisotopic (exact) mass is 346 g/mol. The second-order valence-corrected chi connectivity index (χ2v) is 6.00. The first-order valence-corrected chi connectivity index (χ1v) is 7.49. The number of amides is 1. The van der Waals surface area contributed by atoms with Gasteiger partial charge in [0.25, 0.3) is 0 Å². The van der Waals surface area contributed by atoms with Gasteiger partial charge in [-0.1, -0.05) is 19.3 Å². The number of carbonyl (C=O) groups is 1. The summed E-state index contributed by atoms with van der Waals surface area (Å²) < 4.78 is 26.9. The molecule has 6 heteroatoms. The van der Waals surface area contributed by atoms with Gasteiger partial charge in [-0.25, -0.2) is 8.78 Å². The van der Waals surface area contributed by atoms with Gasteiger partial charge in [0.05, 0.1) is 16.1 Å². The van der Waals surface area contributed by atoms with Crippen LogP contribution in [0, 0.1) is 17.6 Å². The fraction of sp³-hybridized carbons (Fsp3) is 0.500. The van der Waals surface area contributed by atoms with Gasteiger partial charge in [0.2, 0.25) is 5.91 Å². The van der Waals surface area contributed by atoms with Crippen LogP contribution in [-0.4, -0.2) is 11.9 Å². The van der Waals surface area contributed by atoms with Crippen LogP contribution in [0.3, 0.4) is 0 Å². The maximum Gasteiger partial charge on any atom is 0.229 e. The molecule has 1 amide bonds. The van der Waals surface area contributed by atoms with Gasteiger partial charge in [-0.05, 0) is 34.8 Å². The Kier molecular flexibility index (Phi) is 5.10. The fourth-order valence-corrected chi connectivity index (χ4v) is 2.85. The lowest BCUT2D eigenvalue weighted by Gasteiger charge is -2.20. The van der Waals surface area contributed by atoms with Gasteiger partial charge in [-0.15, -0.1) is 0 Å². The zero-order valence-electron chi connectivity index (χ0n) is 11.0. The molecule has 1 aliphatic rings. The first-order chi connectivity index (χ1) is 9.49. The molecule has 1 aromatic carbocycles. The van der Waals surface area contributed by atoms with Crippen LogP contribution in [0.4, 0.5) is 14.5 Å². The number of benzene rings is 1. The highest BCUT2D eigenvalue weighted by Crippen LogP contribution is 2.27. The fourth-order valence-electron chi connectivity index (χ4n) is 2.51. The van der Waals surface area contributed by atoms with Crippen molar-refractivity contribution in [2.24, 2.45) is 11.7 Å². The van der Waals surface area contributed by atoms with E-state index < -0.39 is 11.6 Å². The van der Waals surface area contributed by atoms with E-state index in [0.717, 1.165) is 31.7 Å². The van der Waals surface area contributed by atoms with Gasteiger partial charge in [0.1, 0.15) is 11.6 Å². The smallest absolute Gasteiger partial charge is 0.229 e. The molecule has 3 N–H and O–H groups in total. The summed E-state index contributed by atoms with van der Waals surface area (Å²) in [6, 6.07) is 1.77. The van der Waals surface area contributed by atoms with Crippen LogP contribution in [0.5, 0.6) is 0 Å². The Morgan fingerprint density at radius 2 is 1.90 bits per heavy atom. The van der Waals surface area contributed by atoms with Crippen LogP contribution in [-0.2, 0) is 4.79 Å². The molecular formula is C14H17BrF2N2O. The van der Waals surface area contributed by atoms with Gasteiger partial charge in [0, 0.05) is 12.1 Å². The standard InChI is InChI=1S/C14H17BrF2N2O/c15-9-6-13(11(17)7-10(9)16)19-14(20)8-4-2-1-3-5-12(8)18/h6-8,12H,1-5,18H2,(H,19,20). The molecule has 2 unspecified atom stereocenters. The van der Waals surface area contributed by atoms with E-state index in [-0.39, 0.29) is 28.0 Å². The van der Waals surface area contributed by atoms with Crippen molar-refractivity contribution in [3.63, 3.8) is 0 Å². The zero-order chi connectivity index (χ0) is 14.7. The van der Waals surface area contributed by atoms with Crippen LogP contribution in [0.25, 0.3) is 0 Å². The Morgan fingerprint density at radius 3 is 2.65 bits per heavy atom. The van der Waals surface area contributed by atoms with Crippen molar-refractivity contribution < 1.29 is 13.6 Å². The number of rotatable bonds is 2. The predicted octanol–water partition coefficient (Wildman–Crippen LogP) is 3.57. The molecule has 0 bridgehead atoms. The van der Waals surface area contributed by atoms with Crippen molar-refractivity contribution in [2.75, 3.05) is 5.32 Å². The average molecular weight is 347 g/mol. The molecule has 0 aliphatic heterocycles. The summed E-state index contributed by atoms with van der Waals surface area (Å²) in [6.07, 6.45) is 4.53. The maximum absolute atomic E-state index is 13.6. The Balaban J connectivity index is 2.12. The number of halogens is 3. The average Bonchev–Trinajstić information content (AvgIpc) is 2.60. The van der Waals surface area contributed by atoms with Crippen LogP contribution >= 0.6 is 15.9 Å². The van der Waals surface area contributed by atoms with Crippen molar-refractivity contribution in [1.82, 2.24) is 0 Å². The highest BCUT2D eigenvalue weighted by atomic mass is 79.9. The van der Waals surface area contributed by atoms with E-state index in [4.69, 9.17) is 5.73 Å². The molecule has 110 valence electrons. The third-order valence-electron chi connectivity index (χ3n) is 3.67. The summed E-state index contributed by atoms with van der Waals surface area (Å²) in [4.78, 5) is 12.2. The quantitative estimate of drug-likeness (QED) is 0.635. The van der Waals surface area contributed by atoms with Crippen LogP contribution in [0.2, 0.25) is 0 Å². The Labute approximate surface area is 125 Å². The van der Waals surface area contributed by atoms with Gasteiger partial charge in [-0.2, -0.15) is 0 Å². The minimum atomic E-state index is -0.791. The first-order valence-electron chi connectivity index (χ1n) is 6.70. The molecular weight excluding hydrogens is 330 g/mol. The second kappa shape index (κ2) is 6.63. The zero-order valence-corrected chi connectivity index (χ0v) is 12.6. The van der Waals surface area contributed by atoms with Crippen molar-refractivity contribution in [3.8, 4) is 0 Å². The number of nitrogens with two attached hydrogens (primary N) is 1. The summed E-state index contributed by atoms with van der Waals surface area (Å²) in [7, 11) is 0. The summed E-state index contributed by atoms with van der Waals surface area (Å²) in [5.74, 6) is -2.11. The Bertz CT molecular complexity index is 510. The predicted molar refractivity (Wildman–Crippen MR) is 77.2 cm³/mol. The van der Waals surface area contributed by atoms with Crippen molar-refractivity contribution in [2.45, 2.75) is 38.1 Å². The number of anilines is 1. The highest BCUT2D eigenvalue weighted by molar-refractivity contribution is 9.10. The van der Waals surface area contributed by atoms with Gasteiger partial charge in [0.15, 0.2) is 0 Å². The van der Waals surface area contributed by atoms with E-state index in [0.29, 0.717) is 6.42 Å². The summed E-state index contributed by atoms with van der Waals surface area (Å²) in [5.41, 5.74) is 5.97. The maximum atomic E-state index is 13.6. The van der Waals surface area contributed by atoms with E-state index in [1.165, 1.54) is 6.07 Å². The van der Waals surface area contributed by atoms with E-state index >= 15 is 0 Å². The van der Waals surface area contributed by atoms with E-state index in [1.54, 1.807) is 0 Å². The van der Waals surface area contributed by atoms with Crippen LogP contribution in [0.1, 0.15) is 32.1 Å². The molecule has 3 nitrogen and oxygen atoms in total. The van der Waals surface area contributed by atoms with Crippen LogP contribution in [0.15, 0.2) is 16.6 Å². The van der Waals surface area contributed by atoms with Crippen molar-refractivity contribution in [3.05, 3.63) is 28.2 Å². The second-order valence-electron chi connectivity index (χ2n) is 5.14. The van der Waals surface area contributed by atoms with E-state index in [1.807, 2.05) is 0 Å². The van der Waals surface area contributed by atoms with Crippen molar-refractivity contribution in [1.29, 1.82) is 0 Å². The topological polar surface area (TPSA) is 55.1 Å². The highest BCUT2D eigenvalue weighted by Gasteiger charge is 2.27. The third kappa shape index (κ3) is 3.55. The minimum absolute atomic E-state index is 0.0280. The molecule has 0 heterocycles. The first kappa shape index (κ1) is 15.4. The van der Waals surface area contributed by atoms with E-state index in [9.17, 15) is 13.6 Å². The molecule has 0 spiro atoms. The third-order valence-corrected chi connectivity index (χ3v) is 4.28. The Morgan fingerprint density at radius 1 is 1.20 bits per heavy atom. The lowest BCUT2D eigenvalue weighted by Crippen LogP contribution is -2.38. The number of hydrogen-bond donors (Lipinski definition) is 2. The molecule has 0 radical (unpaired) electrons. The molecule has 1 aliphatic carbocycles. The van der Waals surface area contributed by atoms with Gasteiger partial charge < -0.3 is 11.1 Å². The molecule has 0 aromatic heterocycles. The number of nitrogens with one attached hydrogen (secondary N) is 1. The number of carbonyl (C=O) groups excluding carboxylic acids is 1. The summed E-state index contributed by atoms with van der Waals surface area (Å²) >= 11 is 2.97. The normalized spacial score (nSPS) is 23.2. The molecule has 1 fully saturated rings. The number of hydrogen-bond acceptors (Lipinski definition) is 2. The molecule has 2 rings (SSSR count). The minimum Gasteiger partial charge on any atom is -0.327 e. The van der Waals surface area contributed by atoms with Gasteiger partial charge in [-0.3, -0.25) is 4.79 Å². The molecule has 20 heavy (non-hydrogen) atoms. The summed E-state index contributed by atoms with van der Waals surface area (Å²) in [5, 5.41) is 2.52. The molecule has 1 aromatic rings. The molecule has 1 saturated carbocycles. The lowest BCUT2D eigenvalue weighted by molar-refractivity contribution is -0.120. The van der Waals surface area contributed by atoms with Crippen LogP contribution < -0.4 is 11.1 Å². The van der Waals surface area contributed by atoms with E-state index in [2.05, 4.69) is 21.2 Å². The lowest BCUT2D eigenvalue weighted by atomic mass is 9.94. The SMILES string of the molecule is NC1CCCCCC1C(=O)Nc1cc(Br)c(F)cc1F. The van der Waals surface area contributed by atoms with Crippen molar-refractivity contribution >= 4 is 27.5 Å². The molecule has 0 saturated heterocycles. The molecule has 2 atom stereocenters. The Hall–Kier alpha value is -1.01. The largest absolute Gasteiger partial charge is 0.327 e. The summed E-state index contributed by atoms with van der Waals surface area (Å²) in [6.45, 7) is 0. The van der Waals surface area contributed by atoms with Gasteiger partial charge >= 0.3 is 0 Å².